The lowest BCUT2D eigenvalue weighted by Crippen LogP contribution is -2.54. The van der Waals surface area contributed by atoms with Crippen LogP contribution >= 0.6 is 11.6 Å². The summed E-state index contributed by atoms with van der Waals surface area (Å²) in [6.07, 6.45) is 12.7. The van der Waals surface area contributed by atoms with E-state index in [1.54, 1.807) is 54.7 Å². The molecule has 2 fully saturated rings. The Kier molecular flexibility index (Phi) is 13.6. The molecule has 3 heterocycles. The van der Waals surface area contributed by atoms with Crippen LogP contribution in [0.2, 0.25) is 5.02 Å². The van der Waals surface area contributed by atoms with Crippen molar-refractivity contribution in [1.29, 1.82) is 0 Å². The summed E-state index contributed by atoms with van der Waals surface area (Å²) >= 11 is 6.45. The molecule has 2 atom stereocenters. The lowest BCUT2D eigenvalue weighted by Gasteiger charge is -2.32. The van der Waals surface area contributed by atoms with E-state index in [0.29, 0.717) is 41.2 Å². The molecular formula is C46H51ClFN5O6. The molecular weight excluding hydrogens is 773 g/mol. The third-order valence-electron chi connectivity index (χ3n) is 12.1. The van der Waals surface area contributed by atoms with Crippen LogP contribution in [-0.2, 0) is 14.4 Å². The fraction of sp³-hybridized carbons (Fsp3) is 0.435. The topological polar surface area (TPSA) is 147 Å². The smallest absolute Gasteiger partial charge is 0.264 e. The highest BCUT2D eigenvalue weighted by Crippen LogP contribution is 2.41. The number of nitrogens with one attached hydrogen (secondary N) is 3. The van der Waals surface area contributed by atoms with Gasteiger partial charge in [-0.3, -0.25) is 39.2 Å². The molecule has 5 amide bonds. The number of ether oxygens (including phenoxy) is 1. The zero-order valence-electron chi connectivity index (χ0n) is 33.4. The number of unbranched alkanes of at least 4 members (excludes halogenated alkanes) is 6. The number of piperidine rings is 1. The number of halogens is 2. The van der Waals surface area contributed by atoms with Gasteiger partial charge in [0.15, 0.2) is 0 Å². The third kappa shape index (κ3) is 9.75. The molecule has 310 valence electrons. The van der Waals surface area contributed by atoms with E-state index in [-0.39, 0.29) is 47.5 Å². The van der Waals surface area contributed by atoms with Gasteiger partial charge in [0, 0.05) is 47.9 Å². The molecule has 1 aromatic heterocycles. The maximum Gasteiger partial charge on any atom is 0.264 e. The van der Waals surface area contributed by atoms with Crippen LogP contribution in [-0.4, -0.2) is 58.6 Å². The Labute approximate surface area is 348 Å². The first kappa shape index (κ1) is 41.8. The largest absolute Gasteiger partial charge is 0.492 e. The molecule has 3 aliphatic rings. The number of fused-ring (bicyclic) bond motifs is 2. The van der Waals surface area contributed by atoms with Gasteiger partial charge >= 0.3 is 0 Å². The number of hydrogen-bond donors (Lipinski definition) is 3. The summed E-state index contributed by atoms with van der Waals surface area (Å²) in [6.45, 7) is 3.15. The van der Waals surface area contributed by atoms with Gasteiger partial charge in [-0.25, -0.2) is 4.39 Å². The molecule has 4 aromatic rings. The fourth-order valence-corrected chi connectivity index (χ4v) is 8.94. The molecule has 11 nitrogen and oxygen atoms in total. The van der Waals surface area contributed by atoms with E-state index in [0.717, 1.165) is 92.0 Å². The number of pyridine rings is 1. The Bertz CT molecular complexity index is 2230. The highest BCUT2D eigenvalue weighted by molar-refractivity contribution is 6.32. The number of hydrogen-bond acceptors (Lipinski definition) is 8. The van der Waals surface area contributed by atoms with Crippen molar-refractivity contribution in [2.75, 3.05) is 23.8 Å². The average molecular weight is 824 g/mol. The van der Waals surface area contributed by atoms with Crippen LogP contribution in [0, 0.1) is 17.7 Å². The average Bonchev–Trinajstić information content (AvgIpc) is 3.49. The molecule has 0 spiro atoms. The first-order valence-electron chi connectivity index (χ1n) is 20.9. The van der Waals surface area contributed by atoms with Gasteiger partial charge in [0.25, 0.3) is 11.8 Å². The van der Waals surface area contributed by atoms with E-state index in [9.17, 15) is 28.4 Å². The van der Waals surface area contributed by atoms with Gasteiger partial charge in [0.05, 0.1) is 28.3 Å². The molecule has 3 aromatic carbocycles. The number of amides is 5. The minimum absolute atomic E-state index is 0.0255. The van der Waals surface area contributed by atoms with Crippen LogP contribution in [0.25, 0.3) is 10.9 Å². The lowest BCUT2D eigenvalue weighted by molar-refractivity contribution is -0.136. The summed E-state index contributed by atoms with van der Waals surface area (Å²) in [5.74, 6) is -1.38. The van der Waals surface area contributed by atoms with Gasteiger partial charge in [-0.2, -0.15) is 0 Å². The van der Waals surface area contributed by atoms with Gasteiger partial charge in [0.1, 0.15) is 17.6 Å². The van der Waals surface area contributed by atoms with Crippen molar-refractivity contribution in [1.82, 2.24) is 15.2 Å². The maximum absolute atomic E-state index is 14.0. The van der Waals surface area contributed by atoms with E-state index in [2.05, 4.69) is 20.9 Å². The number of anilines is 2. The van der Waals surface area contributed by atoms with Gasteiger partial charge in [0.2, 0.25) is 17.7 Å². The van der Waals surface area contributed by atoms with Crippen molar-refractivity contribution in [2.45, 2.75) is 102 Å². The number of aromatic nitrogens is 1. The summed E-state index contributed by atoms with van der Waals surface area (Å²) in [5, 5.41) is 9.98. The van der Waals surface area contributed by atoms with Gasteiger partial charge in [-0.15, -0.1) is 0 Å². The van der Waals surface area contributed by atoms with Crippen molar-refractivity contribution in [3.05, 3.63) is 94.4 Å². The molecule has 7 rings (SSSR count). The second-order valence-electron chi connectivity index (χ2n) is 16.0. The second kappa shape index (κ2) is 19.1. The fourth-order valence-electron chi connectivity index (χ4n) is 8.77. The molecule has 13 heteroatoms. The number of carbonyl (C=O) groups is 5. The minimum atomic E-state index is -0.989. The second-order valence-corrected chi connectivity index (χ2v) is 16.4. The highest BCUT2D eigenvalue weighted by atomic mass is 35.5. The van der Waals surface area contributed by atoms with E-state index in [4.69, 9.17) is 16.3 Å². The number of benzene rings is 3. The van der Waals surface area contributed by atoms with Gasteiger partial charge < -0.3 is 15.4 Å². The van der Waals surface area contributed by atoms with Crippen LogP contribution in [0.4, 0.5) is 15.8 Å². The molecule has 1 saturated carbocycles. The summed E-state index contributed by atoms with van der Waals surface area (Å²) in [6, 6.07) is 16.2. The summed E-state index contributed by atoms with van der Waals surface area (Å²) in [7, 11) is 0. The first-order valence-corrected chi connectivity index (χ1v) is 21.3. The monoisotopic (exact) mass is 823 g/mol. The Morgan fingerprint density at radius 2 is 1.68 bits per heavy atom. The normalized spacial score (nSPS) is 19.7. The molecule has 2 aliphatic heterocycles. The third-order valence-corrected chi connectivity index (χ3v) is 12.4. The quantitative estimate of drug-likeness (QED) is 0.0706. The first-order chi connectivity index (χ1) is 28.6. The van der Waals surface area contributed by atoms with Crippen molar-refractivity contribution in [2.24, 2.45) is 11.8 Å². The van der Waals surface area contributed by atoms with E-state index < -0.39 is 29.7 Å². The van der Waals surface area contributed by atoms with E-state index >= 15 is 0 Å². The zero-order valence-corrected chi connectivity index (χ0v) is 34.1. The Morgan fingerprint density at radius 1 is 0.915 bits per heavy atom. The van der Waals surface area contributed by atoms with Crippen LogP contribution in [0.1, 0.15) is 123 Å². The molecule has 1 unspecified atom stereocenters. The van der Waals surface area contributed by atoms with E-state index in [1.807, 2.05) is 13.0 Å². The van der Waals surface area contributed by atoms with Crippen molar-refractivity contribution in [3.63, 3.8) is 0 Å². The Hall–Kier alpha value is -5.36. The highest BCUT2D eigenvalue weighted by Gasteiger charge is 2.45. The predicted octanol–water partition coefficient (Wildman–Crippen LogP) is 9.20. The Balaban J connectivity index is 0.771. The van der Waals surface area contributed by atoms with Crippen LogP contribution < -0.4 is 20.7 Å². The molecule has 0 bridgehead atoms. The maximum atomic E-state index is 14.0. The number of rotatable bonds is 17. The summed E-state index contributed by atoms with van der Waals surface area (Å²) in [4.78, 5) is 69.1. The van der Waals surface area contributed by atoms with E-state index in [1.165, 1.54) is 6.07 Å². The lowest BCUT2D eigenvalue weighted by atomic mass is 9.73. The van der Waals surface area contributed by atoms with Crippen molar-refractivity contribution in [3.8, 4) is 5.75 Å². The van der Waals surface area contributed by atoms with Gasteiger partial charge in [-0.1, -0.05) is 56.7 Å². The number of carbonyl (C=O) groups excluding carboxylic acids is 5. The van der Waals surface area contributed by atoms with Gasteiger partial charge in [-0.05, 0) is 111 Å². The van der Waals surface area contributed by atoms with Crippen molar-refractivity contribution < 1.29 is 33.1 Å². The molecule has 59 heavy (non-hydrogen) atoms. The van der Waals surface area contributed by atoms with Crippen LogP contribution in [0.15, 0.2) is 66.9 Å². The number of imide groups is 2. The standard InChI is InChI=1S/C46H51ClFN5O6/c1-28(29-12-14-30(15-13-29)33-22-24-50-37-19-16-31(48)26-35(33)37)43(55)51-32-17-18-36(47)40(27-32)59-25-8-6-4-2-3-5-7-23-49-38-11-9-10-34-42(38)46(58)53(45(34)57)39-20-21-41(54)52-44(39)56/h9-11,16-19,22,24,26-30,39,49H,2-8,12-15,20-21,23,25H2,1H3,(H,51,55)(H,52,54,56)/t28-,29?,30?,39?/m1/s1. The predicted molar refractivity (Wildman–Crippen MR) is 225 cm³/mol. The summed E-state index contributed by atoms with van der Waals surface area (Å²) < 4.78 is 20.1. The minimum Gasteiger partial charge on any atom is -0.492 e. The number of nitrogens with zero attached hydrogens (tertiary/aromatic N) is 2. The zero-order chi connectivity index (χ0) is 41.5. The van der Waals surface area contributed by atoms with Crippen molar-refractivity contribution >= 4 is 63.4 Å². The molecule has 1 saturated heterocycles. The SMILES string of the molecule is C[C@@H](C(=O)Nc1ccc(Cl)c(OCCCCCCCCCNc2cccc3c2C(=O)N(C2CCC(=O)NC2=O)C3=O)c1)C1CCC(c2ccnc3ccc(F)cc23)CC1. The molecule has 1 aliphatic carbocycles. The van der Waals surface area contributed by atoms with Crippen LogP contribution in [0.3, 0.4) is 0 Å². The Morgan fingerprint density at radius 3 is 2.46 bits per heavy atom. The van der Waals surface area contributed by atoms with Crippen LogP contribution in [0.5, 0.6) is 5.75 Å². The molecule has 3 N–H and O–H groups in total. The summed E-state index contributed by atoms with van der Waals surface area (Å²) in [5.41, 5.74) is 3.71. The molecule has 0 radical (unpaired) electrons.